The van der Waals surface area contributed by atoms with Gasteiger partial charge in [-0.25, -0.2) is 9.18 Å². The van der Waals surface area contributed by atoms with E-state index in [2.05, 4.69) is 0 Å². The average molecular weight is 432 g/mol. The summed E-state index contributed by atoms with van der Waals surface area (Å²) >= 11 is 1.19. The molecule has 0 bridgehead atoms. The summed E-state index contributed by atoms with van der Waals surface area (Å²) in [5.74, 6) is -0.705. The number of benzene rings is 3. The molecule has 4 rings (SSSR count). The quantitative estimate of drug-likeness (QED) is 0.280. The van der Waals surface area contributed by atoms with Crippen molar-refractivity contribution in [1.82, 2.24) is 0 Å². The summed E-state index contributed by atoms with van der Waals surface area (Å²) in [5.41, 5.74) is 2.00. The molecule has 154 valence electrons. The van der Waals surface area contributed by atoms with E-state index in [-0.39, 0.29) is 11.6 Å². The number of rotatable bonds is 6. The minimum Gasteiger partial charge on any atom is -0.478 e. The number of carboxylic acid groups (broad SMARTS) is 1. The molecule has 0 fully saturated rings. The van der Waals surface area contributed by atoms with Gasteiger partial charge in [0.2, 0.25) is 5.78 Å². The molecule has 0 saturated heterocycles. The lowest BCUT2D eigenvalue weighted by Crippen LogP contribution is -2.00. The maximum absolute atomic E-state index is 13.8. The summed E-state index contributed by atoms with van der Waals surface area (Å²) in [7, 11) is 0. The number of halogens is 1. The van der Waals surface area contributed by atoms with Crippen LogP contribution in [0.5, 0.6) is 11.5 Å². The van der Waals surface area contributed by atoms with E-state index >= 15 is 0 Å². The van der Waals surface area contributed by atoms with Crippen molar-refractivity contribution in [2.75, 3.05) is 0 Å². The molecule has 0 unspecified atom stereocenters. The van der Waals surface area contributed by atoms with Crippen molar-refractivity contribution in [3.63, 3.8) is 0 Å². The Bertz CT molecular complexity index is 1320. The Morgan fingerprint density at radius 3 is 2.52 bits per heavy atom. The van der Waals surface area contributed by atoms with Gasteiger partial charge in [-0.3, -0.25) is 4.79 Å². The minimum absolute atomic E-state index is 0.198. The zero-order chi connectivity index (χ0) is 22.0. The van der Waals surface area contributed by atoms with Crippen molar-refractivity contribution in [2.24, 2.45) is 0 Å². The van der Waals surface area contributed by atoms with Crippen LogP contribution in [0.15, 0.2) is 72.8 Å². The number of fused-ring (bicyclic) bond motifs is 1. The fourth-order valence-corrected chi connectivity index (χ4v) is 4.30. The molecule has 0 aliphatic carbocycles. The molecule has 0 atom stereocenters. The van der Waals surface area contributed by atoms with Crippen molar-refractivity contribution >= 4 is 39.3 Å². The van der Waals surface area contributed by atoms with Gasteiger partial charge >= 0.3 is 5.97 Å². The molecule has 3 aromatic carbocycles. The van der Waals surface area contributed by atoms with E-state index in [0.717, 1.165) is 11.6 Å². The number of carboxylic acids is 1. The SMILES string of the molecule is Cc1cc(/C=C/C(=O)O)ccc1Oc1c(C(=O)c2ccccc2)sc2cc(F)ccc12. The van der Waals surface area contributed by atoms with E-state index in [4.69, 9.17) is 9.84 Å². The number of ketones is 1. The van der Waals surface area contributed by atoms with Crippen LogP contribution in [0.3, 0.4) is 0 Å². The van der Waals surface area contributed by atoms with E-state index in [9.17, 15) is 14.0 Å². The molecule has 0 saturated carbocycles. The highest BCUT2D eigenvalue weighted by atomic mass is 32.1. The summed E-state index contributed by atoms with van der Waals surface area (Å²) in [6.45, 7) is 1.83. The lowest BCUT2D eigenvalue weighted by molar-refractivity contribution is -0.131. The number of aliphatic carboxylic acids is 1. The van der Waals surface area contributed by atoms with E-state index in [0.29, 0.717) is 37.6 Å². The normalized spacial score (nSPS) is 11.2. The molecule has 1 N–H and O–H groups in total. The number of hydrogen-bond donors (Lipinski definition) is 1. The van der Waals surface area contributed by atoms with Crippen molar-refractivity contribution in [1.29, 1.82) is 0 Å². The fraction of sp³-hybridized carbons (Fsp3) is 0.0400. The molecule has 0 radical (unpaired) electrons. The second kappa shape index (κ2) is 8.53. The predicted octanol–water partition coefficient (Wildman–Crippen LogP) is 6.47. The highest BCUT2D eigenvalue weighted by molar-refractivity contribution is 7.21. The standard InChI is InChI=1S/C25H17FO4S/c1-15-13-16(8-12-22(27)28)7-11-20(15)30-24-19-10-9-18(26)14-21(19)31-25(24)23(29)17-5-3-2-4-6-17/h2-14H,1H3,(H,27,28)/b12-8+. The van der Waals surface area contributed by atoms with E-state index in [1.807, 2.05) is 13.0 Å². The maximum Gasteiger partial charge on any atom is 0.328 e. The molecule has 1 aromatic heterocycles. The Labute approximate surface area is 181 Å². The van der Waals surface area contributed by atoms with Crippen LogP contribution in [0, 0.1) is 12.7 Å². The molecule has 0 amide bonds. The lowest BCUT2D eigenvalue weighted by Gasteiger charge is -2.11. The zero-order valence-corrected chi connectivity index (χ0v) is 17.3. The first kappa shape index (κ1) is 20.5. The highest BCUT2D eigenvalue weighted by Gasteiger charge is 2.22. The smallest absolute Gasteiger partial charge is 0.328 e. The molecular formula is C25H17FO4S. The third-order valence-corrected chi connectivity index (χ3v) is 5.81. The van der Waals surface area contributed by atoms with E-state index < -0.39 is 5.97 Å². The molecule has 0 aliphatic heterocycles. The van der Waals surface area contributed by atoms with Gasteiger partial charge in [-0.1, -0.05) is 36.4 Å². The molecule has 1 heterocycles. The number of carbonyl (C=O) groups excluding carboxylic acids is 1. The number of ether oxygens (including phenoxy) is 1. The number of aryl methyl sites for hydroxylation is 1. The Morgan fingerprint density at radius 2 is 1.81 bits per heavy atom. The van der Waals surface area contributed by atoms with Crippen molar-refractivity contribution in [3.05, 3.63) is 100 Å². The first-order valence-electron chi connectivity index (χ1n) is 9.43. The second-order valence-electron chi connectivity index (χ2n) is 6.89. The molecule has 6 heteroatoms. The molecule has 4 aromatic rings. The van der Waals surface area contributed by atoms with Crippen LogP contribution in [-0.4, -0.2) is 16.9 Å². The van der Waals surface area contributed by atoms with Crippen LogP contribution in [0.2, 0.25) is 0 Å². The van der Waals surface area contributed by atoms with Gasteiger partial charge in [0.1, 0.15) is 16.4 Å². The van der Waals surface area contributed by atoms with Gasteiger partial charge in [0.25, 0.3) is 0 Å². The highest BCUT2D eigenvalue weighted by Crippen LogP contribution is 2.42. The Hall–Kier alpha value is -3.77. The largest absolute Gasteiger partial charge is 0.478 e. The Kier molecular flexibility index (Phi) is 5.64. The summed E-state index contributed by atoms with van der Waals surface area (Å²) in [5, 5.41) is 9.45. The Morgan fingerprint density at radius 1 is 1.03 bits per heavy atom. The predicted molar refractivity (Wildman–Crippen MR) is 120 cm³/mol. The molecular weight excluding hydrogens is 415 g/mol. The van der Waals surface area contributed by atoms with Crippen molar-refractivity contribution < 1.29 is 23.8 Å². The molecule has 4 nitrogen and oxygen atoms in total. The van der Waals surface area contributed by atoms with Crippen LogP contribution in [0.4, 0.5) is 4.39 Å². The van der Waals surface area contributed by atoms with Gasteiger partial charge < -0.3 is 9.84 Å². The van der Waals surface area contributed by atoms with Crippen molar-refractivity contribution in [3.8, 4) is 11.5 Å². The van der Waals surface area contributed by atoms with Crippen LogP contribution in [-0.2, 0) is 4.79 Å². The minimum atomic E-state index is -1.03. The molecule has 0 aliphatic rings. The van der Waals surface area contributed by atoms with Crippen molar-refractivity contribution in [2.45, 2.75) is 6.92 Å². The van der Waals surface area contributed by atoms with Crippen LogP contribution >= 0.6 is 11.3 Å². The first-order chi connectivity index (χ1) is 14.9. The van der Waals surface area contributed by atoms with Gasteiger partial charge in [-0.15, -0.1) is 11.3 Å². The number of carbonyl (C=O) groups is 2. The van der Waals surface area contributed by atoms with Crippen LogP contribution in [0.25, 0.3) is 16.2 Å². The Balaban J connectivity index is 1.78. The fourth-order valence-electron chi connectivity index (χ4n) is 3.19. The second-order valence-corrected chi connectivity index (χ2v) is 7.95. The number of thiophene rings is 1. The third kappa shape index (κ3) is 4.39. The van der Waals surface area contributed by atoms with E-state index in [1.54, 1.807) is 48.5 Å². The first-order valence-corrected chi connectivity index (χ1v) is 10.3. The monoisotopic (exact) mass is 432 g/mol. The third-order valence-electron chi connectivity index (χ3n) is 4.68. The summed E-state index contributed by atoms with van der Waals surface area (Å²) in [6.07, 6.45) is 2.55. The zero-order valence-electron chi connectivity index (χ0n) is 16.5. The number of hydrogen-bond acceptors (Lipinski definition) is 4. The summed E-state index contributed by atoms with van der Waals surface area (Å²) in [6, 6.07) is 18.4. The topological polar surface area (TPSA) is 63.6 Å². The van der Waals surface area contributed by atoms with E-state index in [1.165, 1.54) is 29.5 Å². The maximum atomic E-state index is 13.8. The van der Waals surface area contributed by atoms with Gasteiger partial charge in [-0.05, 0) is 54.5 Å². The van der Waals surface area contributed by atoms with Gasteiger partial charge in [0, 0.05) is 21.7 Å². The molecule has 31 heavy (non-hydrogen) atoms. The molecule has 0 spiro atoms. The summed E-state index contributed by atoms with van der Waals surface area (Å²) in [4.78, 5) is 24.3. The van der Waals surface area contributed by atoms with Crippen LogP contribution < -0.4 is 4.74 Å². The lowest BCUT2D eigenvalue weighted by atomic mass is 10.1. The summed E-state index contributed by atoms with van der Waals surface area (Å²) < 4.78 is 20.6. The van der Waals surface area contributed by atoms with Gasteiger partial charge in [0.05, 0.1) is 0 Å². The van der Waals surface area contributed by atoms with Gasteiger partial charge in [0.15, 0.2) is 5.75 Å². The average Bonchev–Trinajstić information content (AvgIpc) is 3.11. The van der Waals surface area contributed by atoms with Crippen LogP contribution in [0.1, 0.15) is 26.4 Å². The van der Waals surface area contributed by atoms with Gasteiger partial charge in [-0.2, -0.15) is 0 Å².